The van der Waals surface area contributed by atoms with Crippen molar-refractivity contribution in [2.75, 3.05) is 13.2 Å². The summed E-state index contributed by atoms with van der Waals surface area (Å²) in [4.78, 5) is 10.3. The van der Waals surface area contributed by atoms with Crippen LogP contribution in [0.2, 0.25) is 0 Å². The molecule has 2 rings (SSSR count). The van der Waals surface area contributed by atoms with Crippen molar-refractivity contribution >= 4 is 5.97 Å². The number of hydrogen-bond acceptors (Lipinski definition) is 3. The van der Waals surface area contributed by atoms with Gasteiger partial charge in [0.1, 0.15) is 6.61 Å². The van der Waals surface area contributed by atoms with Crippen LogP contribution < -0.4 is 0 Å². The maximum Gasteiger partial charge on any atom is 0.329 e. The summed E-state index contributed by atoms with van der Waals surface area (Å²) in [6.07, 6.45) is 1.71. The Kier molecular flexibility index (Phi) is 4.25. The molecule has 0 spiro atoms. The fourth-order valence-corrected chi connectivity index (χ4v) is 1.63. The third kappa shape index (κ3) is 3.38. The number of carboxylic acids is 1. The van der Waals surface area contributed by atoms with Crippen LogP contribution >= 0.6 is 0 Å². The van der Waals surface area contributed by atoms with E-state index in [1.165, 1.54) is 10.9 Å². The number of carboxylic acid groups (broad SMARTS) is 1. The number of ether oxygens (including phenoxy) is 1. The zero-order valence-electron chi connectivity index (χ0n) is 10.1. The van der Waals surface area contributed by atoms with Gasteiger partial charge in [-0.15, -0.1) is 0 Å². The Bertz CT molecular complexity index is 554. The number of hydrogen-bond donors (Lipinski definition) is 1. The molecule has 0 bridgehead atoms. The Hall–Kier alpha value is -2.21. The molecule has 1 heterocycles. The monoisotopic (exact) mass is 264 g/mol. The van der Waals surface area contributed by atoms with Gasteiger partial charge in [0.15, 0.2) is 0 Å². The summed E-state index contributed by atoms with van der Waals surface area (Å²) in [5.74, 6) is -1.49. The molecule has 0 unspecified atom stereocenters. The molecule has 1 aromatic heterocycles. The first kappa shape index (κ1) is 13.2. The van der Waals surface area contributed by atoms with Crippen LogP contribution in [0.25, 0.3) is 5.69 Å². The number of halogens is 1. The van der Waals surface area contributed by atoms with E-state index in [9.17, 15) is 9.18 Å². The van der Waals surface area contributed by atoms with Gasteiger partial charge in [0.05, 0.1) is 18.5 Å². The fraction of sp³-hybridized carbons (Fsp3) is 0.231. The lowest BCUT2D eigenvalue weighted by Crippen LogP contribution is -2.09. The second-order valence-electron chi connectivity index (χ2n) is 3.90. The van der Waals surface area contributed by atoms with Gasteiger partial charge < -0.3 is 9.84 Å². The lowest BCUT2D eigenvalue weighted by atomic mass is 10.2. The summed E-state index contributed by atoms with van der Waals surface area (Å²) in [6.45, 7) is -0.238. The topological polar surface area (TPSA) is 64.3 Å². The van der Waals surface area contributed by atoms with Gasteiger partial charge in [-0.05, 0) is 12.1 Å². The Morgan fingerprint density at radius 1 is 1.37 bits per heavy atom. The zero-order valence-corrected chi connectivity index (χ0v) is 10.1. The highest BCUT2D eigenvalue weighted by Gasteiger charge is 2.11. The van der Waals surface area contributed by atoms with Crippen LogP contribution in [0.4, 0.5) is 4.39 Å². The Balaban J connectivity index is 2.01. The van der Waals surface area contributed by atoms with Crippen molar-refractivity contribution in [3.8, 4) is 5.69 Å². The fourth-order valence-electron chi connectivity index (χ4n) is 1.63. The molecule has 1 N–H and O–H groups in total. The predicted molar refractivity (Wildman–Crippen MR) is 65.7 cm³/mol. The van der Waals surface area contributed by atoms with E-state index in [1.54, 1.807) is 24.3 Å². The molecule has 100 valence electrons. The van der Waals surface area contributed by atoms with Gasteiger partial charge in [0.2, 0.25) is 5.95 Å². The van der Waals surface area contributed by atoms with E-state index in [0.29, 0.717) is 11.3 Å². The van der Waals surface area contributed by atoms with Crippen molar-refractivity contribution in [3.63, 3.8) is 0 Å². The largest absolute Gasteiger partial charge is 0.480 e. The van der Waals surface area contributed by atoms with E-state index < -0.39 is 11.9 Å². The molecule has 0 amide bonds. The molecule has 19 heavy (non-hydrogen) atoms. The molecule has 0 fully saturated rings. The SMILES string of the molecule is O=C(O)COCCc1cnn(-c2ccccc2)c1F. The summed E-state index contributed by atoms with van der Waals surface area (Å²) >= 11 is 0. The molecule has 0 radical (unpaired) electrons. The van der Waals surface area contributed by atoms with Crippen molar-refractivity contribution in [3.05, 3.63) is 48.0 Å². The minimum Gasteiger partial charge on any atom is -0.480 e. The van der Waals surface area contributed by atoms with Crippen LogP contribution in [-0.4, -0.2) is 34.1 Å². The van der Waals surface area contributed by atoms with Gasteiger partial charge in [-0.1, -0.05) is 18.2 Å². The minimum absolute atomic E-state index is 0.143. The first-order valence-electron chi connectivity index (χ1n) is 5.76. The van der Waals surface area contributed by atoms with Crippen molar-refractivity contribution in [2.24, 2.45) is 0 Å². The number of para-hydroxylation sites is 1. The van der Waals surface area contributed by atoms with Crippen LogP contribution in [0.15, 0.2) is 36.5 Å². The number of carbonyl (C=O) groups is 1. The molecular formula is C13H13FN2O3. The summed E-state index contributed by atoms with van der Waals surface area (Å²) in [5, 5.41) is 12.4. The van der Waals surface area contributed by atoms with Gasteiger partial charge in [0.25, 0.3) is 0 Å². The highest BCUT2D eigenvalue weighted by atomic mass is 19.1. The Labute approximate surface area is 109 Å². The Morgan fingerprint density at radius 2 is 2.11 bits per heavy atom. The van der Waals surface area contributed by atoms with Gasteiger partial charge in [-0.25, -0.2) is 9.48 Å². The summed E-state index contributed by atoms with van der Waals surface area (Å²) in [5.41, 5.74) is 1.03. The normalized spacial score (nSPS) is 10.6. The van der Waals surface area contributed by atoms with Crippen LogP contribution in [0, 0.1) is 5.95 Å². The molecule has 2 aromatic rings. The van der Waals surface area contributed by atoms with Gasteiger partial charge in [0, 0.05) is 12.0 Å². The molecule has 5 nitrogen and oxygen atoms in total. The van der Waals surface area contributed by atoms with Crippen LogP contribution in [-0.2, 0) is 16.0 Å². The molecular weight excluding hydrogens is 251 g/mol. The van der Waals surface area contributed by atoms with Crippen LogP contribution in [0.5, 0.6) is 0 Å². The van der Waals surface area contributed by atoms with Gasteiger partial charge in [-0.3, -0.25) is 0 Å². The Morgan fingerprint density at radius 3 is 2.79 bits per heavy atom. The molecule has 0 aliphatic heterocycles. The minimum atomic E-state index is -1.04. The predicted octanol–water partition coefficient (Wildman–Crippen LogP) is 1.66. The molecule has 0 saturated heterocycles. The lowest BCUT2D eigenvalue weighted by Gasteiger charge is -2.02. The summed E-state index contributed by atoms with van der Waals surface area (Å²) in [7, 11) is 0. The smallest absolute Gasteiger partial charge is 0.329 e. The number of benzene rings is 1. The summed E-state index contributed by atoms with van der Waals surface area (Å²) < 4.78 is 20.1. The zero-order chi connectivity index (χ0) is 13.7. The van der Waals surface area contributed by atoms with Crippen molar-refractivity contribution in [1.29, 1.82) is 0 Å². The first-order valence-corrected chi connectivity index (χ1v) is 5.76. The third-order valence-corrected chi connectivity index (χ3v) is 2.52. The molecule has 0 aliphatic carbocycles. The second-order valence-corrected chi connectivity index (χ2v) is 3.90. The van der Waals surface area contributed by atoms with Gasteiger partial charge in [-0.2, -0.15) is 9.49 Å². The molecule has 6 heteroatoms. The third-order valence-electron chi connectivity index (χ3n) is 2.52. The molecule has 1 aromatic carbocycles. The van der Waals surface area contributed by atoms with Gasteiger partial charge >= 0.3 is 5.97 Å². The average Bonchev–Trinajstić information content (AvgIpc) is 2.77. The quantitative estimate of drug-likeness (QED) is 0.806. The van der Waals surface area contributed by atoms with E-state index in [4.69, 9.17) is 9.84 Å². The number of aromatic nitrogens is 2. The van der Waals surface area contributed by atoms with E-state index in [2.05, 4.69) is 5.10 Å². The van der Waals surface area contributed by atoms with Crippen LogP contribution in [0.1, 0.15) is 5.56 Å². The van der Waals surface area contributed by atoms with E-state index in [1.807, 2.05) is 6.07 Å². The van der Waals surface area contributed by atoms with E-state index >= 15 is 0 Å². The van der Waals surface area contributed by atoms with Crippen molar-refractivity contribution in [2.45, 2.75) is 6.42 Å². The van der Waals surface area contributed by atoms with Crippen molar-refractivity contribution in [1.82, 2.24) is 9.78 Å². The maximum atomic E-state index is 14.0. The molecule has 0 saturated carbocycles. The second kappa shape index (κ2) is 6.10. The average molecular weight is 264 g/mol. The summed E-state index contributed by atoms with van der Waals surface area (Å²) in [6, 6.07) is 8.94. The van der Waals surface area contributed by atoms with E-state index in [0.717, 1.165) is 0 Å². The molecule has 0 atom stereocenters. The standard InChI is InChI=1S/C13H13FN2O3/c14-13-10(6-7-19-9-12(17)18)8-15-16(13)11-4-2-1-3-5-11/h1-5,8H,6-7,9H2,(H,17,18). The lowest BCUT2D eigenvalue weighted by molar-refractivity contribution is -0.142. The highest BCUT2D eigenvalue weighted by Crippen LogP contribution is 2.13. The molecule has 0 aliphatic rings. The highest BCUT2D eigenvalue weighted by molar-refractivity contribution is 5.67. The number of rotatable bonds is 6. The maximum absolute atomic E-state index is 14.0. The first-order chi connectivity index (χ1) is 9.18. The van der Waals surface area contributed by atoms with E-state index in [-0.39, 0.29) is 19.6 Å². The van der Waals surface area contributed by atoms with Crippen LogP contribution in [0.3, 0.4) is 0 Å². The number of aliphatic carboxylic acids is 1. The van der Waals surface area contributed by atoms with Crippen molar-refractivity contribution < 1.29 is 19.0 Å². The number of nitrogens with zero attached hydrogens (tertiary/aromatic N) is 2.